The molecule has 0 spiro atoms. The molecule has 2 N–H and O–H groups in total. The van der Waals surface area contributed by atoms with E-state index in [1.807, 2.05) is 22.7 Å². The molecule has 106 valence electrons. The van der Waals surface area contributed by atoms with Crippen LogP contribution in [-0.2, 0) is 7.05 Å². The maximum atomic E-state index is 12.6. The van der Waals surface area contributed by atoms with E-state index in [0.717, 1.165) is 12.4 Å². The zero-order valence-corrected chi connectivity index (χ0v) is 11.9. The van der Waals surface area contributed by atoms with Crippen molar-refractivity contribution in [2.45, 2.75) is 6.04 Å². The molecule has 1 aliphatic rings. The number of carbonyl (C=O) groups is 1. The van der Waals surface area contributed by atoms with Gasteiger partial charge < -0.3 is 19.8 Å². The molecule has 1 atom stereocenters. The predicted octanol–water partition coefficient (Wildman–Crippen LogP) is 1.19. The van der Waals surface area contributed by atoms with Crippen LogP contribution in [0.25, 0.3) is 0 Å². The van der Waals surface area contributed by atoms with Gasteiger partial charge in [0.15, 0.2) is 0 Å². The third-order valence-electron chi connectivity index (χ3n) is 3.54. The van der Waals surface area contributed by atoms with Crippen LogP contribution in [0.5, 0.6) is 0 Å². The van der Waals surface area contributed by atoms with Crippen molar-refractivity contribution in [1.82, 2.24) is 24.8 Å². The van der Waals surface area contributed by atoms with Crippen molar-refractivity contribution in [2.24, 2.45) is 7.05 Å². The van der Waals surface area contributed by atoms with Gasteiger partial charge in [-0.15, -0.1) is 0 Å². The van der Waals surface area contributed by atoms with Gasteiger partial charge in [-0.3, -0.25) is 4.79 Å². The Morgan fingerprint density at radius 1 is 1.55 bits per heavy atom. The van der Waals surface area contributed by atoms with Gasteiger partial charge in [-0.2, -0.15) is 0 Å². The topological polar surface area (TPSA) is 66.0 Å². The lowest BCUT2D eigenvalue weighted by Crippen LogP contribution is -2.49. The van der Waals surface area contributed by atoms with E-state index >= 15 is 0 Å². The number of hydrogen-bond donors (Lipinski definition) is 2. The number of nitrogens with one attached hydrogen (secondary N) is 2. The highest BCUT2D eigenvalue weighted by Crippen LogP contribution is 2.23. The first-order chi connectivity index (χ1) is 9.66. The van der Waals surface area contributed by atoms with Crippen LogP contribution >= 0.6 is 11.6 Å². The number of rotatable bonds is 2. The molecule has 6 nitrogen and oxygen atoms in total. The minimum Gasteiger partial charge on any atom is -0.356 e. The second-order valence-corrected chi connectivity index (χ2v) is 5.28. The van der Waals surface area contributed by atoms with E-state index < -0.39 is 0 Å². The second kappa shape index (κ2) is 5.30. The van der Waals surface area contributed by atoms with Crippen LogP contribution in [0.3, 0.4) is 0 Å². The summed E-state index contributed by atoms with van der Waals surface area (Å²) in [5.74, 6) is 0.828. The minimum absolute atomic E-state index is 0.0496. The van der Waals surface area contributed by atoms with E-state index in [9.17, 15) is 4.79 Å². The quantitative estimate of drug-likeness (QED) is 0.874. The summed E-state index contributed by atoms with van der Waals surface area (Å²) in [6.07, 6.45) is 5.25. The molecule has 3 rings (SSSR count). The molecule has 0 bridgehead atoms. The van der Waals surface area contributed by atoms with E-state index in [0.29, 0.717) is 23.8 Å². The third-order valence-corrected chi connectivity index (χ3v) is 3.76. The lowest BCUT2D eigenvalue weighted by atomic mass is 10.1. The number of hydrogen-bond acceptors (Lipinski definition) is 3. The standard InChI is InChI=1S/C13H16ClN5O/c1-18-4-3-16-12(18)11-8-15-2-5-19(11)13(20)10-6-9(14)7-17-10/h3-4,6-7,11,15,17H,2,5,8H2,1H3. The monoisotopic (exact) mass is 293 g/mol. The zero-order chi connectivity index (χ0) is 14.1. The Balaban J connectivity index is 1.89. The molecule has 1 amide bonds. The normalized spacial score (nSPS) is 19.3. The molecule has 1 aliphatic heterocycles. The van der Waals surface area contributed by atoms with Gasteiger partial charge in [-0.05, 0) is 6.07 Å². The number of piperazine rings is 1. The first-order valence-electron chi connectivity index (χ1n) is 6.49. The summed E-state index contributed by atoms with van der Waals surface area (Å²) in [6, 6.07) is 1.58. The van der Waals surface area contributed by atoms with E-state index in [1.54, 1.807) is 18.5 Å². The number of amides is 1. The van der Waals surface area contributed by atoms with E-state index in [1.165, 1.54) is 0 Å². The van der Waals surface area contributed by atoms with Crippen LogP contribution in [0.4, 0.5) is 0 Å². The molecule has 2 aromatic rings. The molecular weight excluding hydrogens is 278 g/mol. The molecule has 1 fully saturated rings. The highest BCUT2D eigenvalue weighted by Gasteiger charge is 2.31. The Kier molecular flexibility index (Phi) is 3.50. The highest BCUT2D eigenvalue weighted by molar-refractivity contribution is 6.30. The highest BCUT2D eigenvalue weighted by atomic mass is 35.5. The maximum Gasteiger partial charge on any atom is 0.271 e. The van der Waals surface area contributed by atoms with E-state index in [4.69, 9.17) is 11.6 Å². The number of halogens is 1. The number of imidazole rings is 1. The Bertz CT molecular complexity index is 620. The molecule has 3 heterocycles. The average Bonchev–Trinajstić information content (AvgIpc) is 3.07. The summed E-state index contributed by atoms with van der Waals surface area (Å²) in [5, 5.41) is 3.85. The summed E-state index contributed by atoms with van der Waals surface area (Å²) in [6.45, 7) is 2.12. The molecule has 1 unspecified atom stereocenters. The van der Waals surface area contributed by atoms with Crippen LogP contribution in [0.2, 0.25) is 5.02 Å². The van der Waals surface area contributed by atoms with Crippen molar-refractivity contribution in [3.05, 3.63) is 41.2 Å². The molecule has 0 aromatic carbocycles. The van der Waals surface area contributed by atoms with Gasteiger partial charge in [0.05, 0.1) is 5.02 Å². The van der Waals surface area contributed by atoms with Crippen molar-refractivity contribution in [2.75, 3.05) is 19.6 Å². The van der Waals surface area contributed by atoms with Crippen LogP contribution in [-0.4, -0.2) is 45.0 Å². The van der Waals surface area contributed by atoms with Crippen LogP contribution in [0.15, 0.2) is 24.7 Å². The summed E-state index contributed by atoms with van der Waals surface area (Å²) in [4.78, 5) is 21.7. The zero-order valence-electron chi connectivity index (χ0n) is 11.1. The summed E-state index contributed by atoms with van der Waals surface area (Å²) in [7, 11) is 1.94. The van der Waals surface area contributed by atoms with Gasteiger partial charge in [0.25, 0.3) is 5.91 Å². The van der Waals surface area contributed by atoms with E-state index in [2.05, 4.69) is 15.3 Å². The third kappa shape index (κ3) is 2.32. The predicted molar refractivity (Wildman–Crippen MR) is 75.7 cm³/mol. The number of aromatic nitrogens is 3. The number of nitrogens with zero attached hydrogens (tertiary/aromatic N) is 3. The van der Waals surface area contributed by atoms with Crippen molar-refractivity contribution >= 4 is 17.5 Å². The Labute approximate surface area is 121 Å². The lowest BCUT2D eigenvalue weighted by Gasteiger charge is -2.35. The minimum atomic E-state index is -0.0710. The number of H-pyrrole nitrogens is 1. The molecule has 0 radical (unpaired) electrons. The Hall–Kier alpha value is -1.79. The van der Waals surface area contributed by atoms with Crippen molar-refractivity contribution < 1.29 is 4.79 Å². The largest absolute Gasteiger partial charge is 0.356 e. The van der Waals surface area contributed by atoms with Crippen molar-refractivity contribution in [1.29, 1.82) is 0 Å². The van der Waals surface area contributed by atoms with Crippen molar-refractivity contribution in [3.8, 4) is 0 Å². The maximum absolute atomic E-state index is 12.6. The molecule has 0 saturated carbocycles. The molecule has 0 aliphatic carbocycles. The summed E-state index contributed by atoms with van der Waals surface area (Å²) in [5.41, 5.74) is 0.510. The molecule has 20 heavy (non-hydrogen) atoms. The van der Waals surface area contributed by atoms with Gasteiger partial charge in [0.2, 0.25) is 0 Å². The van der Waals surface area contributed by atoms with E-state index in [-0.39, 0.29) is 11.9 Å². The fraction of sp³-hybridized carbons (Fsp3) is 0.385. The summed E-state index contributed by atoms with van der Waals surface area (Å²) < 4.78 is 1.94. The van der Waals surface area contributed by atoms with Crippen LogP contribution < -0.4 is 5.32 Å². The molecule has 2 aromatic heterocycles. The first kappa shape index (κ1) is 13.2. The van der Waals surface area contributed by atoms with Gasteiger partial charge in [-0.25, -0.2) is 4.98 Å². The molecular formula is C13H16ClN5O. The fourth-order valence-electron chi connectivity index (χ4n) is 2.52. The number of aromatic amines is 1. The average molecular weight is 294 g/mol. The lowest BCUT2D eigenvalue weighted by molar-refractivity contribution is 0.0615. The Morgan fingerprint density at radius 3 is 3.05 bits per heavy atom. The number of aryl methyl sites for hydroxylation is 1. The summed E-state index contributed by atoms with van der Waals surface area (Å²) >= 11 is 5.87. The first-order valence-corrected chi connectivity index (χ1v) is 6.87. The van der Waals surface area contributed by atoms with Crippen LogP contribution in [0.1, 0.15) is 22.4 Å². The smallest absolute Gasteiger partial charge is 0.271 e. The second-order valence-electron chi connectivity index (χ2n) is 4.85. The van der Waals surface area contributed by atoms with Gasteiger partial charge in [-0.1, -0.05) is 11.6 Å². The van der Waals surface area contributed by atoms with Crippen molar-refractivity contribution in [3.63, 3.8) is 0 Å². The van der Waals surface area contributed by atoms with Gasteiger partial charge in [0.1, 0.15) is 17.6 Å². The molecule has 1 saturated heterocycles. The van der Waals surface area contributed by atoms with Gasteiger partial charge in [0, 0.05) is 45.3 Å². The SMILES string of the molecule is Cn1ccnc1C1CNCCN1C(=O)c1cc(Cl)c[nH]1. The van der Waals surface area contributed by atoms with Gasteiger partial charge >= 0.3 is 0 Å². The van der Waals surface area contributed by atoms with Crippen LogP contribution in [0, 0.1) is 0 Å². The number of carbonyl (C=O) groups excluding carboxylic acids is 1. The Morgan fingerprint density at radius 2 is 2.40 bits per heavy atom. The molecule has 7 heteroatoms. The fourth-order valence-corrected chi connectivity index (χ4v) is 2.69.